The van der Waals surface area contributed by atoms with Crippen LogP contribution in [0.4, 0.5) is 4.79 Å². The molecule has 0 aliphatic carbocycles. The second kappa shape index (κ2) is 8.10. The number of aryl methyl sites for hydroxylation is 1. The van der Waals surface area contributed by atoms with E-state index in [-0.39, 0.29) is 18.1 Å². The van der Waals surface area contributed by atoms with Gasteiger partial charge in [0, 0.05) is 19.5 Å². The van der Waals surface area contributed by atoms with Crippen LogP contribution in [0.25, 0.3) is 5.69 Å². The largest absolute Gasteiger partial charge is 0.448 e. The zero-order valence-electron chi connectivity index (χ0n) is 16.5. The van der Waals surface area contributed by atoms with Crippen LogP contribution in [-0.4, -0.2) is 69.4 Å². The standard InChI is InChI=1S/C20H25N5O4/c1-14-4-2-3-5-16(14)25-17(21-22-19(25)27)12-15-6-8-23(9-7-15)18(26)13-24-10-11-29-20(24)28/h2-5,15H,6-13H2,1H3,(H,22,27). The van der Waals surface area contributed by atoms with Gasteiger partial charge in [-0.15, -0.1) is 0 Å². The molecule has 2 aliphatic rings. The van der Waals surface area contributed by atoms with Crippen LogP contribution >= 0.6 is 0 Å². The number of aromatic nitrogens is 3. The summed E-state index contributed by atoms with van der Waals surface area (Å²) in [7, 11) is 0. The highest BCUT2D eigenvalue weighted by molar-refractivity contribution is 5.83. The monoisotopic (exact) mass is 399 g/mol. The molecule has 0 atom stereocenters. The number of carbonyl (C=O) groups excluding carboxylic acids is 2. The Balaban J connectivity index is 1.37. The second-order valence-corrected chi connectivity index (χ2v) is 7.63. The number of amides is 2. The van der Waals surface area contributed by atoms with Crippen LogP contribution in [0.15, 0.2) is 29.1 Å². The summed E-state index contributed by atoms with van der Waals surface area (Å²) in [6.07, 6.45) is 1.93. The van der Waals surface area contributed by atoms with Gasteiger partial charge in [-0.1, -0.05) is 18.2 Å². The van der Waals surface area contributed by atoms with Crippen LogP contribution < -0.4 is 5.69 Å². The number of nitrogens with one attached hydrogen (secondary N) is 1. The van der Waals surface area contributed by atoms with Crippen molar-refractivity contribution in [3.8, 4) is 5.69 Å². The van der Waals surface area contributed by atoms with Crippen molar-refractivity contribution in [3.63, 3.8) is 0 Å². The molecule has 3 heterocycles. The highest BCUT2D eigenvalue weighted by atomic mass is 16.6. The maximum Gasteiger partial charge on any atom is 0.410 e. The predicted molar refractivity (Wildman–Crippen MR) is 105 cm³/mol. The summed E-state index contributed by atoms with van der Waals surface area (Å²) < 4.78 is 6.52. The molecule has 2 fully saturated rings. The van der Waals surface area contributed by atoms with Crippen LogP contribution in [0, 0.1) is 12.8 Å². The minimum absolute atomic E-state index is 0.0427. The molecule has 154 valence electrons. The summed E-state index contributed by atoms with van der Waals surface area (Å²) in [6, 6.07) is 7.74. The molecule has 0 radical (unpaired) electrons. The van der Waals surface area contributed by atoms with Crippen molar-refractivity contribution < 1.29 is 14.3 Å². The molecule has 0 unspecified atom stereocenters. The van der Waals surface area contributed by atoms with Crippen molar-refractivity contribution in [2.75, 3.05) is 32.8 Å². The Hall–Kier alpha value is -3.10. The van der Waals surface area contributed by atoms with E-state index in [0.29, 0.717) is 44.4 Å². The number of hydrogen-bond acceptors (Lipinski definition) is 5. The maximum atomic E-state index is 12.5. The summed E-state index contributed by atoms with van der Waals surface area (Å²) in [4.78, 5) is 39.5. The number of ether oxygens (including phenoxy) is 1. The lowest BCUT2D eigenvalue weighted by molar-refractivity contribution is -0.133. The van der Waals surface area contributed by atoms with Crippen LogP contribution in [0.3, 0.4) is 0 Å². The van der Waals surface area contributed by atoms with E-state index in [0.717, 1.165) is 24.1 Å². The van der Waals surface area contributed by atoms with Gasteiger partial charge in [-0.05, 0) is 37.3 Å². The first-order valence-electron chi connectivity index (χ1n) is 9.94. The van der Waals surface area contributed by atoms with Gasteiger partial charge < -0.3 is 9.64 Å². The number of H-pyrrole nitrogens is 1. The van der Waals surface area contributed by atoms with Gasteiger partial charge in [0.15, 0.2) is 0 Å². The molecular weight excluding hydrogens is 374 g/mol. The van der Waals surface area contributed by atoms with Gasteiger partial charge in [0.1, 0.15) is 19.0 Å². The van der Waals surface area contributed by atoms with E-state index in [9.17, 15) is 14.4 Å². The van der Waals surface area contributed by atoms with Crippen LogP contribution in [0.2, 0.25) is 0 Å². The molecule has 0 spiro atoms. The maximum absolute atomic E-state index is 12.5. The Kier molecular flexibility index (Phi) is 5.37. The molecule has 2 aliphatic heterocycles. The minimum atomic E-state index is -0.416. The Labute approximate surface area is 168 Å². The molecule has 4 rings (SSSR count). The first-order valence-corrected chi connectivity index (χ1v) is 9.94. The van der Waals surface area contributed by atoms with E-state index in [2.05, 4.69) is 10.2 Å². The third kappa shape index (κ3) is 4.03. The second-order valence-electron chi connectivity index (χ2n) is 7.63. The molecule has 0 bridgehead atoms. The highest BCUT2D eigenvalue weighted by Crippen LogP contribution is 2.22. The number of aromatic amines is 1. The lowest BCUT2D eigenvalue weighted by atomic mass is 9.93. The van der Waals surface area contributed by atoms with E-state index in [1.165, 1.54) is 4.90 Å². The molecule has 2 amide bonds. The summed E-state index contributed by atoms with van der Waals surface area (Å²) in [5, 5.41) is 6.81. The average Bonchev–Trinajstić information content (AvgIpc) is 3.28. The Morgan fingerprint density at radius 2 is 1.97 bits per heavy atom. The van der Waals surface area contributed by atoms with E-state index in [1.807, 2.05) is 31.2 Å². The number of likely N-dealkylation sites (tertiary alicyclic amines) is 1. The average molecular weight is 399 g/mol. The third-order valence-electron chi connectivity index (χ3n) is 5.71. The number of benzene rings is 1. The predicted octanol–water partition coefficient (Wildman–Crippen LogP) is 1.10. The number of piperidine rings is 1. The topological polar surface area (TPSA) is 101 Å². The van der Waals surface area contributed by atoms with Gasteiger partial charge in [0.05, 0.1) is 12.2 Å². The van der Waals surface area contributed by atoms with E-state index in [4.69, 9.17) is 4.74 Å². The third-order valence-corrected chi connectivity index (χ3v) is 5.71. The molecule has 1 aromatic heterocycles. The summed E-state index contributed by atoms with van der Waals surface area (Å²) in [6.45, 7) is 4.16. The number of rotatable bonds is 5. The van der Waals surface area contributed by atoms with Gasteiger partial charge in [0.25, 0.3) is 0 Å². The first kappa shape index (κ1) is 19.2. The smallest absolute Gasteiger partial charge is 0.410 e. The molecule has 2 aromatic rings. The lowest BCUT2D eigenvalue weighted by Crippen LogP contribution is -2.44. The molecule has 0 saturated carbocycles. The number of nitrogens with zero attached hydrogens (tertiary/aromatic N) is 4. The van der Waals surface area contributed by atoms with Crippen LogP contribution in [0.1, 0.15) is 24.2 Å². The van der Waals surface area contributed by atoms with Crippen molar-refractivity contribution in [2.45, 2.75) is 26.2 Å². The van der Waals surface area contributed by atoms with Crippen molar-refractivity contribution in [3.05, 3.63) is 46.1 Å². The summed E-state index contributed by atoms with van der Waals surface area (Å²) in [5.41, 5.74) is 1.61. The van der Waals surface area contributed by atoms with Gasteiger partial charge in [-0.3, -0.25) is 9.69 Å². The Bertz CT molecular complexity index is 958. The lowest BCUT2D eigenvalue weighted by Gasteiger charge is -2.32. The fourth-order valence-corrected chi connectivity index (χ4v) is 4.01. The minimum Gasteiger partial charge on any atom is -0.448 e. The van der Waals surface area contributed by atoms with Crippen molar-refractivity contribution in [1.29, 1.82) is 0 Å². The zero-order valence-corrected chi connectivity index (χ0v) is 16.5. The molecule has 29 heavy (non-hydrogen) atoms. The molecule has 9 nitrogen and oxygen atoms in total. The number of para-hydroxylation sites is 1. The fraction of sp³-hybridized carbons (Fsp3) is 0.500. The SMILES string of the molecule is Cc1ccccc1-n1c(CC2CCN(C(=O)CN3CCOC3=O)CC2)n[nH]c1=O. The molecular formula is C20H25N5O4. The van der Waals surface area contributed by atoms with Gasteiger partial charge in [-0.2, -0.15) is 5.10 Å². The molecule has 9 heteroatoms. The number of cyclic esters (lactones) is 1. The van der Waals surface area contributed by atoms with E-state index in [1.54, 1.807) is 9.47 Å². The molecule has 2 saturated heterocycles. The van der Waals surface area contributed by atoms with Gasteiger partial charge >= 0.3 is 11.8 Å². The number of hydrogen-bond donors (Lipinski definition) is 1. The highest BCUT2D eigenvalue weighted by Gasteiger charge is 2.29. The summed E-state index contributed by atoms with van der Waals surface area (Å²) in [5.74, 6) is 1.02. The fourth-order valence-electron chi connectivity index (χ4n) is 4.01. The quantitative estimate of drug-likeness (QED) is 0.812. The van der Waals surface area contributed by atoms with Crippen LogP contribution in [0.5, 0.6) is 0 Å². The normalized spacial score (nSPS) is 17.6. The first-order chi connectivity index (χ1) is 14.0. The van der Waals surface area contributed by atoms with Crippen molar-refractivity contribution in [2.24, 2.45) is 5.92 Å². The molecule has 1 aromatic carbocycles. The Morgan fingerprint density at radius 1 is 1.21 bits per heavy atom. The van der Waals surface area contributed by atoms with E-state index < -0.39 is 6.09 Å². The van der Waals surface area contributed by atoms with Gasteiger partial charge in [0.2, 0.25) is 5.91 Å². The van der Waals surface area contributed by atoms with Crippen molar-refractivity contribution in [1.82, 2.24) is 24.6 Å². The Morgan fingerprint density at radius 3 is 2.66 bits per heavy atom. The number of carbonyl (C=O) groups is 2. The van der Waals surface area contributed by atoms with E-state index >= 15 is 0 Å². The van der Waals surface area contributed by atoms with Crippen molar-refractivity contribution >= 4 is 12.0 Å². The zero-order chi connectivity index (χ0) is 20.4. The van der Waals surface area contributed by atoms with Crippen LogP contribution in [-0.2, 0) is 16.0 Å². The summed E-state index contributed by atoms with van der Waals surface area (Å²) >= 11 is 0. The van der Waals surface area contributed by atoms with Gasteiger partial charge in [-0.25, -0.2) is 19.3 Å². The molecule has 1 N–H and O–H groups in total.